The van der Waals surface area contributed by atoms with Crippen LogP contribution in [0, 0.1) is 0 Å². The highest BCUT2D eigenvalue weighted by Gasteiger charge is 2.30. The predicted molar refractivity (Wildman–Crippen MR) is 56.5 cm³/mol. The van der Waals surface area contributed by atoms with Crippen molar-refractivity contribution in [3.05, 3.63) is 41.0 Å². The summed E-state index contributed by atoms with van der Waals surface area (Å²) in [4.78, 5) is 20.7. The van der Waals surface area contributed by atoms with Crippen molar-refractivity contribution in [1.29, 1.82) is 0 Å². The Kier molecular flexibility index (Phi) is 4.20. The van der Waals surface area contributed by atoms with Gasteiger partial charge in [0.25, 0.3) is 0 Å². The van der Waals surface area contributed by atoms with Crippen molar-refractivity contribution in [3.8, 4) is 0 Å². The van der Waals surface area contributed by atoms with Crippen LogP contribution in [-0.2, 0) is 11.0 Å². The molecule has 0 radical (unpaired) electrons. The summed E-state index contributed by atoms with van der Waals surface area (Å²) in [5.74, 6) is 0. The number of hydrogen-bond acceptors (Lipinski definition) is 2. The zero-order valence-electron chi connectivity index (χ0n) is 8.70. The van der Waals surface area contributed by atoms with E-state index in [2.05, 4.69) is 0 Å². The van der Waals surface area contributed by atoms with Crippen molar-refractivity contribution in [2.45, 2.75) is 12.6 Å². The van der Waals surface area contributed by atoms with Gasteiger partial charge in [-0.05, 0) is 17.7 Å². The minimum Gasteiger partial charge on any atom is -0.303 e. The van der Waals surface area contributed by atoms with Crippen molar-refractivity contribution < 1.29 is 22.8 Å². The first kappa shape index (κ1) is 13.2. The third-order valence-electron chi connectivity index (χ3n) is 2.07. The molecule has 0 bridgehead atoms. The van der Waals surface area contributed by atoms with E-state index in [0.29, 0.717) is 12.6 Å². The van der Waals surface area contributed by atoms with E-state index in [0.717, 1.165) is 18.2 Å². The molecular weight excluding hydrogens is 233 g/mol. The van der Waals surface area contributed by atoms with E-state index >= 15 is 0 Å². The molecule has 2 nitrogen and oxygen atoms in total. The third kappa shape index (κ3) is 3.55. The maximum absolute atomic E-state index is 12.4. The second-order valence-electron chi connectivity index (χ2n) is 3.26. The Bertz CT molecular complexity index is 448. The number of allylic oxidation sites excluding steroid dienone is 1. The lowest BCUT2D eigenvalue weighted by molar-refractivity contribution is -0.137. The lowest BCUT2D eigenvalue weighted by atomic mass is 10.0. The van der Waals surface area contributed by atoms with Crippen LogP contribution in [-0.4, -0.2) is 12.6 Å². The molecule has 0 saturated carbocycles. The Morgan fingerprint density at radius 2 is 1.82 bits per heavy atom. The van der Waals surface area contributed by atoms with E-state index in [1.54, 1.807) is 0 Å². The fourth-order valence-electron chi connectivity index (χ4n) is 1.25. The first-order chi connectivity index (χ1) is 7.99. The van der Waals surface area contributed by atoms with Gasteiger partial charge in [0.15, 0.2) is 6.29 Å². The molecule has 0 aliphatic rings. The van der Waals surface area contributed by atoms with Gasteiger partial charge >= 0.3 is 6.18 Å². The fourth-order valence-corrected chi connectivity index (χ4v) is 1.25. The molecule has 5 heteroatoms. The Balaban J connectivity index is 3.15. The van der Waals surface area contributed by atoms with E-state index < -0.39 is 11.7 Å². The number of rotatable bonds is 4. The average molecular weight is 242 g/mol. The van der Waals surface area contributed by atoms with Crippen LogP contribution >= 0.6 is 0 Å². The van der Waals surface area contributed by atoms with Gasteiger partial charge in [-0.25, -0.2) is 0 Å². The van der Waals surface area contributed by atoms with E-state index in [1.165, 1.54) is 12.2 Å². The topological polar surface area (TPSA) is 34.1 Å². The molecule has 17 heavy (non-hydrogen) atoms. The quantitative estimate of drug-likeness (QED) is 0.760. The highest BCUT2D eigenvalue weighted by molar-refractivity contribution is 5.82. The van der Waals surface area contributed by atoms with Crippen LogP contribution in [0.25, 0.3) is 6.08 Å². The normalized spacial score (nSPS) is 11.7. The molecule has 0 aliphatic carbocycles. The van der Waals surface area contributed by atoms with Crippen molar-refractivity contribution in [3.63, 3.8) is 0 Å². The highest BCUT2D eigenvalue weighted by Crippen LogP contribution is 2.30. The van der Waals surface area contributed by atoms with Crippen LogP contribution in [0.3, 0.4) is 0 Å². The van der Waals surface area contributed by atoms with Crippen LogP contribution in [0.2, 0.25) is 0 Å². The molecule has 0 saturated heterocycles. The molecule has 0 aliphatic heterocycles. The van der Waals surface area contributed by atoms with Crippen molar-refractivity contribution in [1.82, 2.24) is 0 Å². The Morgan fingerprint density at radius 3 is 2.35 bits per heavy atom. The molecule has 1 aromatic carbocycles. The summed E-state index contributed by atoms with van der Waals surface area (Å²) in [5.41, 5.74) is -0.523. The first-order valence-electron chi connectivity index (χ1n) is 4.75. The Morgan fingerprint density at radius 1 is 1.12 bits per heavy atom. The van der Waals surface area contributed by atoms with Gasteiger partial charge in [-0.3, -0.25) is 4.79 Å². The van der Waals surface area contributed by atoms with Gasteiger partial charge in [0.05, 0.1) is 5.56 Å². The third-order valence-corrected chi connectivity index (χ3v) is 2.07. The van der Waals surface area contributed by atoms with Crippen LogP contribution < -0.4 is 0 Å². The minimum absolute atomic E-state index is 0.0918. The number of halogens is 3. The number of alkyl halides is 3. The maximum atomic E-state index is 12.4. The lowest BCUT2D eigenvalue weighted by Crippen LogP contribution is -2.05. The first-order valence-corrected chi connectivity index (χ1v) is 4.75. The van der Waals surface area contributed by atoms with Gasteiger partial charge in [0.1, 0.15) is 6.29 Å². The van der Waals surface area contributed by atoms with Crippen LogP contribution in [0.15, 0.2) is 24.3 Å². The fraction of sp³-hybridized carbons (Fsp3) is 0.167. The van der Waals surface area contributed by atoms with Gasteiger partial charge in [-0.1, -0.05) is 18.2 Å². The van der Waals surface area contributed by atoms with E-state index in [9.17, 15) is 22.8 Å². The summed E-state index contributed by atoms with van der Waals surface area (Å²) >= 11 is 0. The lowest BCUT2D eigenvalue weighted by Gasteiger charge is -2.08. The van der Waals surface area contributed by atoms with Crippen molar-refractivity contribution in [2.24, 2.45) is 0 Å². The van der Waals surface area contributed by atoms with Crippen molar-refractivity contribution >= 4 is 18.6 Å². The standard InChI is InChI=1S/C12H9F3O2/c13-12(14,15)11-5-4-10(8-17)9(7-11)3-1-2-6-16/h1,3-8H,2H2. The molecule has 0 fully saturated rings. The smallest absolute Gasteiger partial charge is 0.303 e. The van der Waals surface area contributed by atoms with Gasteiger partial charge in [0, 0.05) is 12.0 Å². The minimum atomic E-state index is -4.45. The highest BCUT2D eigenvalue weighted by atomic mass is 19.4. The average Bonchev–Trinajstić information content (AvgIpc) is 2.28. The molecule has 1 aromatic rings. The Labute approximate surface area is 95.8 Å². The number of benzene rings is 1. The molecule has 0 atom stereocenters. The second-order valence-corrected chi connectivity index (χ2v) is 3.26. The molecule has 0 amide bonds. The molecule has 90 valence electrons. The molecule has 0 N–H and O–H groups in total. The SMILES string of the molecule is O=CCC=Cc1cc(C(F)(F)F)ccc1C=O. The summed E-state index contributed by atoms with van der Waals surface area (Å²) in [6, 6.07) is 2.84. The van der Waals surface area contributed by atoms with E-state index in [-0.39, 0.29) is 17.5 Å². The van der Waals surface area contributed by atoms with Gasteiger partial charge < -0.3 is 4.79 Å². The number of carbonyl (C=O) groups is 2. The molecule has 0 unspecified atom stereocenters. The second kappa shape index (κ2) is 5.43. The summed E-state index contributed by atoms with van der Waals surface area (Å²) in [6.45, 7) is 0. The number of aldehydes is 2. The summed E-state index contributed by atoms with van der Waals surface area (Å²) in [6.07, 6.45) is -0.544. The number of carbonyl (C=O) groups excluding carboxylic acids is 2. The summed E-state index contributed by atoms with van der Waals surface area (Å²) in [7, 11) is 0. The van der Waals surface area contributed by atoms with E-state index in [4.69, 9.17) is 0 Å². The predicted octanol–water partition coefficient (Wildman–Crippen LogP) is 3.12. The maximum Gasteiger partial charge on any atom is 0.416 e. The molecule has 1 rings (SSSR count). The Hall–Kier alpha value is -1.91. The molecule has 0 spiro atoms. The van der Waals surface area contributed by atoms with E-state index in [1.807, 2.05) is 0 Å². The van der Waals surface area contributed by atoms with Crippen molar-refractivity contribution in [2.75, 3.05) is 0 Å². The van der Waals surface area contributed by atoms with Crippen LogP contribution in [0.1, 0.15) is 27.9 Å². The summed E-state index contributed by atoms with van der Waals surface area (Å²) < 4.78 is 37.3. The zero-order chi connectivity index (χ0) is 12.9. The van der Waals surface area contributed by atoms with Gasteiger partial charge in [-0.15, -0.1) is 0 Å². The monoisotopic (exact) mass is 242 g/mol. The molecule has 0 heterocycles. The van der Waals surface area contributed by atoms with Gasteiger partial charge in [0.2, 0.25) is 0 Å². The van der Waals surface area contributed by atoms with Crippen LogP contribution in [0.4, 0.5) is 13.2 Å². The van der Waals surface area contributed by atoms with Gasteiger partial charge in [-0.2, -0.15) is 13.2 Å². The molecular formula is C12H9F3O2. The molecule has 0 aromatic heterocycles. The number of hydrogen-bond donors (Lipinski definition) is 0. The largest absolute Gasteiger partial charge is 0.416 e. The summed E-state index contributed by atoms with van der Waals surface area (Å²) in [5, 5.41) is 0. The van der Waals surface area contributed by atoms with Crippen LogP contribution in [0.5, 0.6) is 0 Å². The zero-order valence-corrected chi connectivity index (χ0v) is 8.70.